The first-order chi connectivity index (χ1) is 13.9. The highest BCUT2D eigenvalue weighted by atomic mass is 16.6. The summed E-state index contributed by atoms with van der Waals surface area (Å²) in [5, 5.41) is 10.9. The van der Waals surface area contributed by atoms with Gasteiger partial charge in [0.1, 0.15) is 11.4 Å². The Hall–Kier alpha value is -3.32. The van der Waals surface area contributed by atoms with Crippen molar-refractivity contribution in [3.05, 3.63) is 82.0 Å². The van der Waals surface area contributed by atoms with Crippen molar-refractivity contribution in [1.82, 2.24) is 9.97 Å². The average Bonchev–Trinajstić information content (AvgIpc) is 2.74. The van der Waals surface area contributed by atoms with E-state index in [4.69, 9.17) is 9.72 Å². The Bertz CT molecular complexity index is 1020. The van der Waals surface area contributed by atoms with Crippen molar-refractivity contribution < 1.29 is 9.66 Å². The summed E-state index contributed by atoms with van der Waals surface area (Å²) in [6, 6.07) is 18.5. The largest absolute Gasteiger partial charge is 0.367 e. The Labute approximate surface area is 169 Å². The minimum Gasteiger partial charge on any atom is -0.367 e. The van der Waals surface area contributed by atoms with Crippen LogP contribution in [0.2, 0.25) is 0 Å². The predicted molar refractivity (Wildman–Crippen MR) is 111 cm³/mol. The Balaban J connectivity index is 1.64. The molecule has 0 spiro atoms. The minimum absolute atomic E-state index is 0.0495. The highest BCUT2D eigenvalue weighted by molar-refractivity contribution is 5.60. The fourth-order valence-electron chi connectivity index (χ4n) is 3.61. The van der Waals surface area contributed by atoms with E-state index in [1.807, 2.05) is 31.2 Å². The maximum absolute atomic E-state index is 10.9. The lowest BCUT2D eigenvalue weighted by Gasteiger charge is -2.41. The number of aromatic nitrogens is 2. The summed E-state index contributed by atoms with van der Waals surface area (Å²) in [5.41, 5.74) is 2.35. The number of nitrogens with zero attached hydrogens (tertiary/aromatic N) is 4. The first-order valence-electron chi connectivity index (χ1n) is 9.49. The van der Waals surface area contributed by atoms with E-state index in [0.29, 0.717) is 19.0 Å². The van der Waals surface area contributed by atoms with Gasteiger partial charge in [0.25, 0.3) is 5.69 Å². The number of non-ortho nitro benzene ring substituents is 1. The molecule has 0 N–H and O–H groups in total. The molecular weight excluding hydrogens is 368 g/mol. The number of anilines is 1. The van der Waals surface area contributed by atoms with Gasteiger partial charge in [-0.2, -0.15) is 0 Å². The zero-order chi connectivity index (χ0) is 20.4. The fraction of sp³-hybridized carbons (Fsp3) is 0.273. The van der Waals surface area contributed by atoms with Crippen LogP contribution in [0, 0.1) is 17.0 Å². The number of benzene rings is 2. The molecule has 1 unspecified atom stereocenters. The highest BCUT2D eigenvalue weighted by Gasteiger charge is 2.34. The molecule has 0 radical (unpaired) electrons. The molecule has 4 rings (SSSR count). The number of aryl methyl sites for hydroxylation is 1. The van der Waals surface area contributed by atoms with E-state index in [1.165, 1.54) is 12.1 Å². The maximum atomic E-state index is 10.9. The molecule has 148 valence electrons. The number of nitro groups is 1. The Kier molecular flexibility index (Phi) is 4.98. The van der Waals surface area contributed by atoms with E-state index in [2.05, 4.69) is 28.9 Å². The van der Waals surface area contributed by atoms with Crippen LogP contribution in [-0.2, 0) is 10.3 Å². The molecule has 1 atom stereocenters. The summed E-state index contributed by atoms with van der Waals surface area (Å²) >= 11 is 0. The van der Waals surface area contributed by atoms with Crippen LogP contribution in [0.3, 0.4) is 0 Å². The molecule has 1 aromatic heterocycles. The van der Waals surface area contributed by atoms with Crippen LogP contribution < -0.4 is 4.90 Å². The number of nitro benzene ring substituents is 1. The normalized spacial score (nSPS) is 19.2. The molecule has 2 aromatic carbocycles. The highest BCUT2D eigenvalue weighted by Crippen LogP contribution is 2.32. The second-order valence-electron chi connectivity index (χ2n) is 7.36. The van der Waals surface area contributed by atoms with Crippen LogP contribution in [0.15, 0.2) is 60.7 Å². The van der Waals surface area contributed by atoms with Gasteiger partial charge in [0, 0.05) is 36.0 Å². The number of morpholine rings is 1. The van der Waals surface area contributed by atoms with E-state index >= 15 is 0 Å². The molecule has 0 saturated carbocycles. The number of hydrogen-bond donors (Lipinski definition) is 0. The molecule has 1 aliphatic heterocycles. The second kappa shape index (κ2) is 7.60. The maximum Gasteiger partial charge on any atom is 0.269 e. The smallest absolute Gasteiger partial charge is 0.269 e. The van der Waals surface area contributed by atoms with Gasteiger partial charge < -0.3 is 9.64 Å². The van der Waals surface area contributed by atoms with Crippen molar-refractivity contribution in [2.75, 3.05) is 24.6 Å². The van der Waals surface area contributed by atoms with Crippen molar-refractivity contribution >= 4 is 11.5 Å². The molecule has 1 aliphatic rings. The second-order valence-corrected chi connectivity index (χ2v) is 7.36. The SMILES string of the molecule is Cc1cc(N2CCOC(C)(c3ccccc3)C2)nc(-c2ccc([N+](=O)[O-])cc2)n1. The molecule has 7 heteroatoms. The van der Waals surface area contributed by atoms with Crippen LogP contribution in [-0.4, -0.2) is 34.6 Å². The summed E-state index contributed by atoms with van der Waals surface area (Å²) < 4.78 is 6.14. The first kappa shape index (κ1) is 19.0. The third-order valence-electron chi connectivity index (χ3n) is 5.16. The average molecular weight is 390 g/mol. The summed E-state index contributed by atoms with van der Waals surface area (Å²) in [7, 11) is 0. The summed E-state index contributed by atoms with van der Waals surface area (Å²) in [4.78, 5) is 22.0. The van der Waals surface area contributed by atoms with Gasteiger partial charge in [-0.05, 0) is 31.5 Å². The quantitative estimate of drug-likeness (QED) is 0.492. The number of hydrogen-bond acceptors (Lipinski definition) is 6. The lowest BCUT2D eigenvalue weighted by Crippen LogP contribution is -2.48. The Morgan fingerprint density at radius 1 is 1.10 bits per heavy atom. The zero-order valence-corrected chi connectivity index (χ0v) is 16.4. The lowest BCUT2D eigenvalue weighted by atomic mass is 9.94. The molecule has 0 amide bonds. The fourth-order valence-corrected chi connectivity index (χ4v) is 3.61. The van der Waals surface area contributed by atoms with Crippen molar-refractivity contribution in [2.24, 2.45) is 0 Å². The van der Waals surface area contributed by atoms with Gasteiger partial charge in [0.2, 0.25) is 0 Å². The van der Waals surface area contributed by atoms with Crippen LogP contribution in [0.1, 0.15) is 18.2 Å². The molecule has 2 heterocycles. The Morgan fingerprint density at radius 2 is 1.83 bits per heavy atom. The van der Waals surface area contributed by atoms with Crippen LogP contribution in [0.5, 0.6) is 0 Å². The van der Waals surface area contributed by atoms with E-state index in [0.717, 1.165) is 29.2 Å². The third kappa shape index (κ3) is 3.95. The van der Waals surface area contributed by atoms with Crippen LogP contribution in [0.25, 0.3) is 11.4 Å². The molecular formula is C22H22N4O3. The molecule has 3 aromatic rings. The first-order valence-corrected chi connectivity index (χ1v) is 9.49. The topological polar surface area (TPSA) is 81.4 Å². The van der Waals surface area contributed by atoms with Gasteiger partial charge >= 0.3 is 0 Å². The van der Waals surface area contributed by atoms with Crippen LogP contribution in [0.4, 0.5) is 11.5 Å². The number of ether oxygens (including phenoxy) is 1. The van der Waals surface area contributed by atoms with Gasteiger partial charge in [0.05, 0.1) is 18.1 Å². The predicted octanol–water partition coefficient (Wildman–Crippen LogP) is 4.11. The molecule has 0 aliphatic carbocycles. The van der Waals surface area contributed by atoms with Crippen molar-refractivity contribution in [2.45, 2.75) is 19.4 Å². The van der Waals surface area contributed by atoms with E-state index < -0.39 is 10.5 Å². The zero-order valence-electron chi connectivity index (χ0n) is 16.4. The van der Waals surface area contributed by atoms with Gasteiger partial charge in [-0.15, -0.1) is 0 Å². The molecule has 1 fully saturated rings. The van der Waals surface area contributed by atoms with Gasteiger partial charge in [-0.3, -0.25) is 10.1 Å². The summed E-state index contributed by atoms with van der Waals surface area (Å²) in [6.07, 6.45) is 0. The van der Waals surface area contributed by atoms with E-state index in [9.17, 15) is 10.1 Å². The van der Waals surface area contributed by atoms with Crippen molar-refractivity contribution in [3.63, 3.8) is 0 Å². The third-order valence-corrected chi connectivity index (χ3v) is 5.16. The Morgan fingerprint density at radius 3 is 2.52 bits per heavy atom. The van der Waals surface area contributed by atoms with E-state index in [1.54, 1.807) is 12.1 Å². The van der Waals surface area contributed by atoms with Gasteiger partial charge in [-0.25, -0.2) is 9.97 Å². The molecule has 29 heavy (non-hydrogen) atoms. The minimum atomic E-state index is -0.425. The molecule has 7 nitrogen and oxygen atoms in total. The monoisotopic (exact) mass is 390 g/mol. The van der Waals surface area contributed by atoms with Crippen molar-refractivity contribution in [3.8, 4) is 11.4 Å². The molecule has 1 saturated heterocycles. The van der Waals surface area contributed by atoms with Crippen molar-refractivity contribution in [1.29, 1.82) is 0 Å². The summed E-state index contributed by atoms with van der Waals surface area (Å²) in [5.74, 6) is 1.39. The van der Waals surface area contributed by atoms with Gasteiger partial charge in [-0.1, -0.05) is 30.3 Å². The number of rotatable bonds is 4. The van der Waals surface area contributed by atoms with Gasteiger partial charge in [0.15, 0.2) is 5.82 Å². The van der Waals surface area contributed by atoms with Crippen LogP contribution >= 0.6 is 0 Å². The summed E-state index contributed by atoms with van der Waals surface area (Å²) in [6.45, 7) is 6.03. The van der Waals surface area contributed by atoms with E-state index in [-0.39, 0.29) is 5.69 Å². The standard InChI is InChI=1S/C22H22N4O3/c1-16-14-20(24-21(23-16)17-8-10-19(11-9-17)26(27)28)25-12-13-29-22(2,15-25)18-6-4-3-5-7-18/h3-11,14H,12-13,15H2,1-2H3. The molecule has 0 bridgehead atoms. The lowest BCUT2D eigenvalue weighted by molar-refractivity contribution is -0.384.